The van der Waals surface area contributed by atoms with Crippen molar-refractivity contribution >= 4 is 28.6 Å². The first-order chi connectivity index (χ1) is 14.0. The lowest BCUT2D eigenvalue weighted by atomic mass is 10.2. The molecule has 6 nitrogen and oxygen atoms in total. The number of hydrogen-bond acceptors (Lipinski definition) is 5. The third-order valence-electron chi connectivity index (χ3n) is 5.04. The van der Waals surface area contributed by atoms with Crippen LogP contribution in [0, 0.1) is 13.8 Å². The number of aromatic nitrogens is 4. The van der Waals surface area contributed by atoms with E-state index in [4.69, 9.17) is 0 Å². The van der Waals surface area contributed by atoms with Gasteiger partial charge < -0.3 is 4.57 Å². The topological polar surface area (TPSA) is 69.8 Å². The van der Waals surface area contributed by atoms with Gasteiger partial charge in [-0.15, -0.1) is 0 Å². The van der Waals surface area contributed by atoms with Gasteiger partial charge >= 0.3 is 0 Å². The van der Waals surface area contributed by atoms with Crippen LogP contribution in [0.2, 0.25) is 0 Å². The second-order valence-corrected chi connectivity index (χ2v) is 7.74. The van der Waals surface area contributed by atoms with Crippen LogP contribution in [-0.2, 0) is 7.05 Å². The van der Waals surface area contributed by atoms with Crippen molar-refractivity contribution in [2.24, 2.45) is 7.05 Å². The molecule has 7 heteroatoms. The van der Waals surface area contributed by atoms with E-state index in [9.17, 15) is 9.59 Å². The van der Waals surface area contributed by atoms with E-state index in [0.717, 1.165) is 11.4 Å². The number of carbonyl (C=O) groups is 1. The van der Waals surface area contributed by atoms with Crippen molar-refractivity contribution in [2.75, 3.05) is 5.75 Å². The fourth-order valence-corrected chi connectivity index (χ4v) is 4.13. The maximum atomic E-state index is 13.1. The van der Waals surface area contributed by atoms with Crippen molar-refractivity contribution in [3.8, 4) is 5.69 Å². The van der Waals surface area contributed by atoms with Crippen LogP contribution in [0.4, 0.5) is 0 Å². The van der Waals surface area contributed by atoms with Crippen LogP contribution in [0.1, 0.15) is 21.7 Å². The molecule has 3 aromatic heterocycles. The predicted octanol–water partition coefficient (Wildman–Crippen LogP) is 3.71. The summed E-state index contributed by atoms with van der Waals surface area (Å²) < 4.78 is 3.54. The van der Waals surface area contributed by atoms with E-state index in [2.05, 4.69) is 9.97 Å². The van der Waals surface area contributed by atoms with Crippen LogP contribution in [0.5, 0.6) is 0 Å². The standard InChI is InChI=1S/C22H20N4O2S/c1-14-12-18(15(2)25(14)3)19(27)13-29-22-24-20-17(10-7-11-23-20)21(28)26(22)16-8-5-4-6-9-16/h4-12H,13H2,1-3H3. The quantitative estimate of drug-likeness (QED) is 0.288. The van der Waals surface area contributed by atoms with Gasteiger partial charge in [-0.1, -0.05) is 30.0 Å². The van der Waals surface area contributed by atoms with Gasteiger partial charge in [0, 0.05) is 30.2 Å². The van der Waals surface area contributed by atoms with Crippen molar-refractivity contribution in [2.45, 2.75) is 19.0 Å². The summed E-state index contributed by atoms with van der Waals surface area (Å²) in [6, 6.07) is 14.7. The number of ketones is 1. The first-order valence-corrected chi connectivity index (χ1v) is 10.2. The number of aryl methyl sites for hydroxylation is 1. The number of rotatable bonds is 5. The van der Waals surface area contributed by atoms with Gasteiger partial charge in [0.1, 0.15) is 0 Å². The van der Waals surface area contributed by atoms with Crippen molar-refractivity contribution in [3.05, 3.63) is 82.0 Å². The highest BCUT2D eigenvalue weighted by molar-refractivity contribution is 7.99. The summed E-state index contributed by atoms with van der Waals surface area (Å²) in [5, 5.41) is 0.896. The van der Waals surface area contributed by atoms with Crippen LogP contribution in [0.25, 0.3) is 16.7 Å². The first-order valence-electron chi connectivity index (χ1n) is 9.19. The van der Waals surface area contributed by atoms with Gasteiger partial charge in [-0.2, -0.15) is 0 Å². The smallest absolute Gasteiger partial charge is 0.268 e. The molecule has 0 aliphatic rings. The Hall–Kier alpha value is -3.19. The van der Waals surface area contributed by atoms with E-state index in [1.165, 1.54) is 11.8 Å². The molecule has 1 aromatic carbocycles. The molecule has 4 rings (SSSR count). The average molecular weight is 404 g/mol. The SMILES string of the molecule is Cc1cc(C(=O)CSc2nc3ncccc3c(=O)n2-c2ccccc2)c(C)n1C. The van der Waals surface area contributed by atoms with Crippen molar-refractivity contribution in [3.63, 3.8) is 0 Å². The van der Waals surface area contributed by atoms with Gasteiger partial charge in [-0.05, 0) is 44.2 Å². The van der Waals surface area contributed by atoms with Crippen molar-refractivity contribution < 1.29 is 4.79 Å². The van der Waals surface area contributed by atoms with Crippen LogP contribution in [0.3, 0.4) is 0 Å². The Morgan fingerprint density at radius 1 is 1.10 bits per heavy atom. The molecular formula is C22H20N4O2S. The van der Waals surface area contributed by atoms with Gasteiger partial charge in [0.15, 0.2) is 16.6 Å². The molecule has 0 aliphatic heterocycles. The molecule has 0 amide bonds. The Morgan fingerprint density at radius 2 is 1.86 bits per heavy atom. The zero-order chi connectivity index (χ0) is 20.5. The van der Waals surface area contributed by atoms with Crippen LogP contribution < -0.4 is 5.56 Å². The number of carbonyl (C=O) groups excluding carboxylic acids is 1. The fourth-order valence-electron chi connectivity index (χ4n) is 3.25. The van der Waals surface area contributed by atoms with Gasteiger partial charge in [-0.3, -0.25) is 14.2 Å². The summed E-state index contributed by atoms with van der Waals surface area (Å²) in [6.45, 7) is 3.91. The number of hydrogen-bond donors (Lipinski definition) is 0. The molecule has 4 aromatic rings. The van der Waals surface area contributed by atoms with Crippen molar-refractivity contribution in [1.29, 1.82) is 0 Å². The minimum Gasteiger partial charge on any atom is -0.351 e. The number of pyridine rings is 1. The summed E-state index contributed by atoms with van der Waals surface area (Å²) in [6.07, 6.45) is 1.61. The molecule has 0 atom stereocenters. The van der Waals surface area contributed by atoms with E-state index < -0.39 is 0 Å². The maximum Gasteiger partial charge on any atom is 0.268 e. The first kappa shape index (κ1) is 19.1. The number of fused-ring (bicyclic) bond motifs is 1. The van der Waals surface area contributed by atoms with E-state index in [1.54, 1.807) is 22.9 Å². The molecule has 0 N–H and O–H groups in total. The minimum absolute atomic E-state index is 0.00572. The summed E-state index contributed by atoms with van der Waals surface area (Å²) >= 11 is 1.25. The third kappa shape index (κ3) is 3.49. The number of benzene rings is 1. The Balaban J connectivity index is 1.75. The Kier molecular flexibility index (Phi) is 5.07. The highest BCUT2D eigenvalue weighted by atomic mass is 32.2. The second kappa shape index (κ2) is 7.67. The second-order valence-electron chi connectivity index (χ2n) is 6.80. The predicted molar refractivity (Wildman–Crippen MR) is 115 cm³/mol. The highest BCUT2D eigenvalue weighted by Crippen LogP contribution is 2.23. The van der Waals surface area contributed by atoms with Gasteiger partial charge in [-0.25, -0.2) is 9.97 Å². The minimum atomic E-state index is -0.198. The maximum absolute atomic E-state index is 13.1. The number of nitrogens with zero attached hydrogens (tertiary/aromatic N) is 4. The van der Waals surface area contributed by atoms with E-state index >= 15 is 0 Å². The normalized spacial score (nSPS) is 11.1. The lowest BCUT2D eigenvalue weighted by Crippen LogP contribution is -2.22. The molecule has 0 saturated heterocycles. The van der Waals surface area contributed by atoms with Gasteiger partial charge in [0.25, 0.3) is 5.56 Å². The molecule has 29 heavy (non-hydrogen) atoms. The summed E-state index contributed by atoms with van der Waals surface area (Å²) in [4.78, 5) is 34.8. The molecule has 0 spiro atoms. The highest BCUT2D eigenvalue weighted by Gasteiger charge is 2.18. The van der Waals surface area contributed by atoms with Crippen molar-refractivity contribution in [1.82, 2.24) is 19.1 Å². The molecule has 0 fully saturated rings. The Bertz CT molecular complexity index is 1280. The van der Waals surface area contributed by atoms with E-state index in [0.29, 0.717) is 27.4 Å². The lowest BCUT2D eigenvalue weighted by molar-refractivity contribution is 0.102. The van der Waals surface area contributed by atoms with E-state index in [1.807, 2.05) is 61.9 Å². The molecule has 0 bridgehead atoms. The van der Waals surface area contributed by atoms with Gasteiger partial charge in [0.2, 0.25) is 0 Å². The summed E-state index contributed by atoms with van der Waals surface area (Å²) in [5.41, 5.74) is 3.55. The van der Waals surface area contributed by atoms with Crippen LogP contribution in [-0.4, -0.2) is 30.6 Å². The molecular weight excluding hydrogens is 384 g/mol. The number of Topliss-reactive ketones (excluding diaryl/α,β-unsaturated/α-hetero) is 1. The van der Waals surface area contributed by atoms with Gasteiger partial charge in [0.05, 0.1) is 16.8 Å². The largest absolute Gasteiger partial charge is 0.351 e. The zero-order valence-electron chi connectivity index (χ0n) is 16.4. The molecule has 0 aliphatic carbocycles. The zero-order valence-corrected chi connectivity index (χ0v) is 17.2. The van der Waals surface area contributed by atoms with Crippen LogP contribution in [0.15, 0.2) is 64.7 Å². The molecule has 3 heterocycles. The Labute approximate surface area is 172 Å². The number of para-hydroxylation sites is 1. The Morgan fingerprint density at radius 3 is 2.55 bits per heavy atom. The molecule has 146 valence electrons. The molecule has 0 unspecified atom stereocenters. The lowest BCUT2D eigenvalue weighted by Gasteiger charge is -2.12. The fraction of sp³-hybridized carbons (Fsp3) is 0.182. The summed E-state index contributed by atoms with van der Waals surface area (Å²) in [5.74, 6) is 0.188. The van der Waals surface area contributed by atoms with Crippen LogP contribution >= 0.6 is 11.8 Å². The van der Waals surface area contributed by atoms with E-state index in [-0.39, 0.29) is 17.1 Å². The molecule has 0 radical (unpaired) electrons. The third-order valence-corrected chi connectivity index (χ3v) is 5.97. The average Bonchev–Trinajstić information content (AvgIpc) is 3.00. The number of thioether (sulfide) groups is 1. The molecule has 0 saturated carbocycles. The monoisotopic (exact) mass is 404 g/mol. The summed E-state index contributed by atoms with van der Waals surface area (Å²) in [7, 11) is 1.94.